The van der Waals surface area contributed by atoms with E-state index in [2.05, 4.69) is 17.0 Å². The van der Waals surface area contributed by atoms with E-state index in [1.165, 1.54) is 16.7 Å². The van der Waals surface area contributed by atoms with Gasteiger partial charge in [-0.15, -0.1) is 0 Å². The molecule has 2 aromatic rings. The normalized spacial score (nSPS) is 17.5. The number of hydrogen-bond donors (Lipinski definition) is 0. The maximum absolute atomic E-state index is 12.9. The van der Waals surface area contributed by atoms with Gasteiger partial charge in [0.15, 0.2) is 5.78 Å². The lowest BCUT2D eigenvalue weighted by Crippen LogP contribution is -2.31. The first-order chi connectivity index (χ1) is 15.1. The van der Waals surface area contributed by atoms with Gasteiger partial charge in [0, 0.05) is 31.6 Å². The monoisotopic (exact) mass is 418 g/mol. The van der Waals surface area contributed by atoms with Gasteiger partial charge < -0.3 is 9.64 Å². The summed E-state index contributed by atoms with van der Waals surface area (Å²) in [6.07, 6.45) is 5.92. The molecule has 5 heteroatoms. The zero-order valence-electron chi connectivity index (χ0n) is 18.3. The number of anilines is 1. The van der Waals surface area contributed by atoms with Gasteiger partial charge in [0.05, 0.1) is 19.2 Å². The van der Waals surface area contributed by atoms with Crippen LogP contribution in [0.25, 0.3) is 0 Å². The Morgan fingerprint density at radius 3 is 2.81 bits per heavy atom. The molecule has 1 amide bonds. The number of carbonyl (C=O) groups excluding carboxylic acids is 2. The Labute approximate surface area is 184 Å². The molecule has 0 aliphatic carbocycles. The summed E-state index contributed by atoms with van der Waals surface area (Å²) in [6.45, 7) is 3.84. The van der Waals surface area contributed by atoms with E-state index in [0.29, 0.717) is 12.8 Å². The fourth-order valence-electron chi connectivity index (χ4n) is 5.42. The molecule has 3 aliphatic rings. The van der Waals surface area contributed by atoms with Crippen molar-refractivity contribution < 1.29 is 14.3 Å². The predicted molar refractivity (Wildman–Crippen MR) is 121 cm³/mol. The van der Waals surface area contributed by atoms with E-state index in [1.807, 2.05) is 23.1 Å². The number of unbranched alkanes of at least 4 members (excludes halogenated alkanes) is 1. The molecular formula is C26H30N2O3. The number of ether oxygens (including phenoxy) is 1. The van der Waals surface area contributed by atoms with Gasteiger partial charge >= 0.3 is 0 Å². The Morgan fingerprint density at radius 2 is 1.94 bits per heavy atom. The van der Waals surface area contributed by atoms with E-state index in [1.54, 1.807) is 7.11 Å². The van der Waals surface area contributed by atoms with Crippen molar-refractivity contribution in [2.24, 2.45) is 0 Å². The molecule has 31 heavy (non-hydrogen) atoms. The second kappa shape index (κ2) is 8.46. The van der Waals surface area contributed by atoms with E-state index in [9.17, 15) is 9.59 Å². The number of Topliss-reactive ketones (excluding diaryl/α,β-unsaturated/α-hetero) is 1. The largest absolute Gasteiger partial charge is 0.496 e. The van der Waals surface area contributed by atoms with Crippen molar-refractivity contribution in [1.82, 2.24) is 4.90 Å². The quantitative estimate of drug-likeness (QED) is 0.505. The molecule has 0 saturated heterocycles. The smallest absolute Gasteiger partial charge is 0.231 e. The van der Waals surface area contributed by atoms with Crippen LogP contribution >= 0.6 is 0 Å². The van der Waals surface area contributed by atoms with Gasteiger partial charge in [0.2, 0.25) is 5.91 Å². The highest BCUT2D eigenvalue weighted by Gasteiger charge is 2.32. The van der Waals surface area contributed by atoms with Gasteiger partial charge in [0.25, 0.3) is 0 Å². The summed E-state index contributed by atoms with van der Waals surface area (Å²) in [5, 5.41) is 0. The van der Waals surface area contributed by atoms with Crippen LogP contribution in [0.15, 0.2) is 30.3 Å². The summed E-state index contributed by atoms with van der Waals surface area (Å²) in [6, 6.07) is 10.3. The molecule has 0 saturated carbocycles. The Hall–Kier alpha value is -2.66. The fraction of sp³-hybridized carbons (Fsp3) is 0.462. The Balaban J connectivity index is 1.15. The Bertz CT molecular complexity index is 1030. The van der Waals surface area contributed by atoms with Gasteiger partial charge in [-0.3, -0.25) is 14.5 Å². The first kappa shape index (κ1) is 20.3. The van der Waals surface area contributed by atoms with Gasteiger partial charge in [-0.1, -0.05) is 12.1 Å². The molecule has 0 radical (unpaired) electrons. The van der Waals surface area contributed by atoms with Crippen molar-refractivity contribution >= 4 is 17.4 Å². The standard InChI is InChI=1S/C26H30N2O3/c1-31-24-9-4-6-19-17-27(13-10-22(19)24)11-3-2-8-23(29)20-14-18-7-5-12-28-25(30)16-21(15-20)26(18)28/h4,6,9,14-15H,2-3,5,7-8,10-13,16-17H2,1H3. The highest BCUT2D eigenvalue weighted by molar-refractivity contribution is 6.05. The summed E-state index contributed by atoms with van der Waals surface area (Å²) in [5.74, 6) is 1.39. The lowest BCUT2D eigenvalue weighted by Gasteiger charge is -2.29. The molecular weight excluding hydrogens is 388 g/mol. The lowest BCUT2D eigenvalue weighted by atomic mass is 9.94. The van der Waals surface area contributed by atoms with Crippen molar-refractivity contribution in [1.29, 1.82) is 0 Å². The Morgan fingerprint density at radius 1 is 1.06 bits per heavy atom. The average Bonchev–Trinajstić information content (AvgIpc) is 3.12. The molecule has 0 unspecified atom stereocenters. The summed E-state index contributed by atoms with van der Waals surface area (Å²) < 4.78 is 5.50. The summed E-state index contributed by atoms with van der Waals surface area (Å²) >= 11 is 0. The minimum Gasteiger partial charge on any atom is -0.496 e. The number of benzene rings is 2. The number of aryl methyl sites for hydroxylation is 1. The minimum atomic E-state index is 0.182. The second-order valence-electron chi connectivity index (χ2n) is 8.97. The molecule has 3 aliphatic heterocycles. The summed E-state index contributed by atoms with van der Waals surface area (Å²) in [4.78, 5) is 29.5. The highest BCUT2D eigenvalue weighted by Crippen LogP contribution is 2.38. The molecule has 5 rings (SSSR count). The van der Waals surface area contributed by atoms with Crippen molar-refractivity contribution in [3.05, 3.63) is 58.1 Å². The molecule has 3 heterocycles. The molecule has 5 nitrogen and oxygen atoms in total. The molecule has 0 aromatic heterocycles. The van der Waals surface area contributed by atoms with Crippen LogP contribution in [0.5, 0.6) is 5.75 Å². The summed E-state index contributed by atoms with van der Waals surface area (Å²) in [5.41, 5.74) is 6.82. The van der Waals surface area contributed by atoms with Crippen LogP contribution in [0.2, 0.25) is 0 Å². The maximum Gasteiger partial charge on any atom is 0.231 e. The lowest BCUT2D eigenvalue weighted by molar-refractivity contribution is -0.117. The topological polar surface area (TPSA) is 49.9 Å². The second-order valence-corrected chi connectivity index (χ2v) is 8.97. The van der Waals surface area contributed by atoms with E-state index >= 15 is 0 Å². The minimum absolute atomic E-state index is 0.182. The number of fused-ring (bicyclic) bond motifs is 1. The van der Waals surface area contributed by atoms with Crippen molar-refractivity contribution in [2.75, 3.05) is 31.6 Å². The van der Waals surface area contributed by atoms with Gasteiger partial charge in [-0.25, -0.2) is 0 Å². The third-order valence-electron chi connectivity index (χ3n) is 6.98. The maximum atomic E-state index is 12.9. The molecule has 0 fully saturated rings. The van der Waals surface area contributed by atoms with Gasteiger partial charge in [-0.2, -0.15) is 0 Å². The van der Waals surface area contributed by atoms with E-state index in [0.717, 1.165) is 80.8 Å². The summed E-state index contributed by atoms with van der Waals surface area (Å²) in [7, 11) is 1.74. The zero-order valence-corrected chi connectivity index (χ0v) is 18.3. The first-order valence-corrected chi connectivity index (χ1v) is 11.5. The highest BCUT2D eigenvalue weighted by atomic mass is 16.5. The third-order valence-corrected chi connectivity index (χ3v) is 6.98. The van der Waals surface area contributed by atoms with Crippen molar-refractivity contribution in [2.45, 2.75) is 51.5 Å². The zero-order chi connectivity index (χ0) is 21.4. The molecule has 0 spiro atoms. The fourth-order valence-corrected chi connectivity index (χ4v) is 5.42. The number of methoxy groups -OCH3 is 1. The molecule has 2 aromatic carbocycles. The van der Waals surface area contributed by atoms with E-state index < -0.39 is 0 Å². The van der Waals surface area contributed by atoms with Crippen molar-refractivity contribution in [3.63, 3.8) is 0 Å². The molecule has 0 atom stereocenters. The number of carbonyl (C=O) groups is 2. The van der Waals surface area contributed by atoms with E-state index in [-0.39, 0.29) is 11.7 Å². The number of ketones is 1. The van der Waals surface area contributed by atoms with Crippen LogP contribution in [0.4, 0.5) is 5.69 Å². The first-order valence-electron chi connectivity index (χ1n) is 11.5. The van der Waals surface area contributed by atoms with Crippen LogP contribution in [-0.4, -0.2) is 43.3 Å². The van der Waals surface area contributed by atoms with Gasteiger partial charge in [0.1, 0.15) is 5.75 Å². The number of nitrogens with zero attached hydrogens (tertiary/aromatic N) is 2. The number of amides is 1. The van der Waals surface area contributed by atoms with Crippen LogP contribution < -0.4 is 9.64 Å². The Kier molecular flexibility index (Phi) is 5.53. The number of hydrogen-bond acceptors (Lipinski definition) is 4. The molecule has 0 N–H and O–H groups in total. The molecule has 0 bridgehead atoms. The van der Waals surface area contributed by atoms with Crippen LogP contribution in [0.1, 0.15) is 58.3 Å². The van der Waals surface area contributed by atoms with E-state index in [4.69, 9.17) is 4.74 Å². The van der Waals surface area contributed by atoms with Crippen LogP contribution in [-0.2, 0) is 30.6 Å². The van der Waals surface area contributed by atoms with Crippen LogP contribution in [0, 0.1) is 0 Å². The average molecular weight is 419 g/mol. The third kappa shape index (κ3) is 3.87. The predicted octanol–water partition coefficient (Wildman–Crippen LogP) is 3.94. The SMILES string of the molecule is COc1cccc2c1CCN(CCCCC(=O)c1cc3c4c(c1)CC(=O)N4CCC3)C2. The van der Waals surface area contributed by atoms with Gasteiger partial charge in [-0.05, 0) is 79.1 Å². The molecule has 162 valence electrons. The number of rotatable bonds is 7. The van der Waals surface area contributed by atoms with Crippen molar-refractivity contribution in [3.8, 4) is 5.75 Å². The van der Waals surface area contributed by atoms with Crippen LogP contribution in [0.3, 0.4) is 0 Å².